The van der Waals surface area contributed by atoms with Crippen LogP contribution in [0.5, 0.6) is 0 Å². The summed E-state index contributed by atoms with van der Waals surface area (Å²) in [4.78, 5) is 0. The average molecular weight is 521 g/mol. The Bertz CT molecular complexity index is 348. The first-order chi connectivity index (χ1) is 12.4. The minimum atomic E-state index is -2.02. The molecule has 0 N–H and O–H groups in total. The van der Waals surface area contributed by atoms with Crippen molar-refractivity contribution < 1.29 is 18.1 Å². The van der Waals surface area contributed by atoms with Gasteiger partial charge in [-0.25, -0.2) is 0 Å². The lowest BCUT2D eigenvalue weighted by molar-refractivity contribution is 0.280. The maximum absolute atomic E-state index is 5.47. The Morgan fingerprint density at radius 2 is 0.846 bits per heavy atom. The molecular formula is C14H34O4P2S6. The first kappa shape index (κ1) is 30.7. The summed E-state index contributed by atoms with van der Waals surface area (Å²) < 4.78 is 21.9. The number of hydrogen-bond acceptors (Lipinski definition) is 10. The van der Waals surface area contributed by atoms with Gasteiger partial charge in [0.2, 0.25) is 11.4 Å². The molecule has 160 valence electrons. The molecule has 0 heterocycles. The molecular weight excluding hydrogens is 487 g/mol. The van der Waals surface area contributed by atoms with Crippen molar-refractivity contribution in [3.05, 3.63) is 0 Å². The third-order valence-corrected chi connectivity index (χ3v) is 16.3. The maximum atomic E-state index is 5.47. The molecule has 0 saturated heterocycles. The topological polar surface area (TPSA) is 36.9 Å². The summed E-state index contributed by atoms with van der Waals surface area (Å²) in [5.74, 6) is 2.22. The average Bonchev–Trinajstić information content (AvgIpc) is 2.57. The fourth-order valence-electron chi connectivity index (χ4n) is 1.23. The highest BCUT2D eigenvalue weighted by Crippen LogP contribution is 2.62. The van der Waals surface area contributed by atoms with Crippen molar-refractivity contribution in [1.29, 1.82) is 0 Å². The molecule has 26 heavy (non-hydrogen) atoms. The van der Waals surface area contributed by atoms with Gasteiger partial charge < -0.3 is 18.1 Å². The quantitative estimate of drug-likeness (QED) is 0.116. The Morgan fingerprint density at radius 1 is 0.577 bits per heavy atom. The molecule has 0 aliphatic rings. The molecule has 0 unspecified atom stereocenters. The van der Waals surface area contributed by atoms with E-state index in [1.165, 1.54) is 0 Å². The van der Waals surface area contributed by atoms with Crippen molar-refractivity contribution in [2.45, 2.75) is 41.5 Å². The fourth-order valence-corrected chi connectivity index (χ4v) is 15.3. The first-order valence-corrected chi connectivity index (χ1v) is 19.4. The maximum Gasteiger partial charge on any atom is 0.248 e. The van der Waals surface area contributed by atoms with Gasteiger partial charge in [0.15, 0.2) is 0 Å². The van der Waals surface area contributed by atoms with Crippen LogP contribution >= 0.6 is 57.7 Å². The summed E-state index contributed by atoms with van der Waals surface area (Å²) in [5.41, 5.74) is -4.04. The van der Waals surface area contributed by atoms with E-state index in [2.05, 4.69) is 13.8 Å². The minimum Gasteiger partial charge on any atom is -0.322 e. The molecule has 0 aromatic carbocycles. The lowest BCUT2D eigenvalue weighted by atomic mass is 10.9. The second kappa shape index (κ2) is 20.8. The zero-order valence-corrected chi connectivity index (χ0v) is 23.3. The summed E-state index contributed by atoms with van der Waals surface area (Å²) in [6.45, 7) is 14.6. The molecule has 0 fully saturated rings. The van der Waals surface area contributed by atoms with Gasteiger partial charge in [-0.05, 0) is 62.8 Å². The van der Waals surface area contributed by atoms with Crippen LogP contribution in [0, 0.1) is 0 Å². The van der Waals surface area contributed by atoms with E-state index in [9.17, 15) is 0 Å². The van der Waals surface area contributed by atoms with Crippen LogP contribution in [0.2, 0.25) is 0 Å². The summed E-state index contributed by atoms with van der Waals surface area (Å²) in [5, 5.41) is 1.93. The van der Waals surface area contributed by atoms with E-state index in [1.54, 1.807) is 22.8 Å². The van der Waals surface area contributed by atoms with Crippen molar-refractivity contribution in [2.24, 2.45) is 0 Å². The Hall–Kier alpha value is 2.54. The SMILES string of the molecule is CCOP(=S)(OCC)SCSCC.CCOP(=S)(OCC)SCSCC. The first-order valence-electron chi connectivity index (χ1n) is 8.59. The van der Waals surface area contributed by atoms with Gasteiger partial charge in [0, 0.05) is 10.2 Å². The van der Waals surface area contributed by atoms with Crippen LogP contribution in [0.3, 0.4) is 0 Å². The molecule has 12 heteroatoms. The summed E-state index contributed by atoms with van der Waals surface area (Å²) >= 11 is 17.6. The van der Waals surface area contributed by atoms with Crippen molar-refractivity contribution in [3.63, 3.8) is 0 Å². The van der Waals surface area contributed by atoms with E-state index in [-0.39, 0.29) is 0 Å². The van der Waals surface area contributed by atoms with Crippen LogP contribution in [0.1, 0.15) is 41.5 Å². The lowest BCUT2D eigenvalue weighted by Gasteiger charge is -2.19. The molecule has 4 nitrogen and oxygen atoms in total. The summed E-state index contributed by atoms with van der Waals surface area (Å²) in [6.07, 6.45) is 0. The van der Waals surface area contributed by atoms with E-state index in [4.69, 9.17) is 41.7 Å². The second-order valence-corrected chi connectivity index (χ2v) is 19.9. The van der Waals surface area contributed by atoms with E-state index in [1.807, 2.05) is 51.2 Å². The number of rotatable bonds is 16. The van der Waals surface area contributed by atoms with E-state index in [0.717, 1.165) is 21.7 Å². The summed E-state index contributed by atoms with van der Waals surface area (Å²) in [6, 6.07) is 0. The van der Waals surface area contributed by atoms with Crippen molar-refractivity contribution >= 4 is 81.3 Å². The van der Waals surface area contributed by atoms with Crippen molar-refractivity contribution in [2.75, 3.05) is 48.1 Å². The second-order valence-electron chi connectivity index (χ2n) is 4.05. The summed E-state index contributed by atoms with van der Waals surface area (Å²) in [7, 11) is 0. The predicted octanol–water partition coefficient (Wildman–Crippen LogP) is 7.46. The number of thioether (sulfide) groups is 2. The van der Waals surface area contributed by atoms with Crippen LogP contribution in [-0.4, -0.2) is 48.1 Å². The van der Waals surface area contributed by atoms with Gasteiger partial charge in [-0.2, -0.15) is 23.5 Å². The monoisotopic (exact) mass is 520 g/mol. The van der Waals surface area contributed by atoms with Crippen molar-refractivity contribution in [1.82, 2.24) is 0 Å². The third-order valence-electron chi connectivity index (χ3n) is 2.15. The van der Waals surface area contributed by atoms with Gasteiger partial charge in [0.05, 0.1) is 26.4 Å². The fraction of sp³-hybridized carbons (Fsp3) is 1.00. The lowest BCUT2D eigenvalue weighted by Crippen LogP contribution is -1.92. The molecule has 0 aromatic heterocycles. The van der Waals surface area contributed by atoms with Gasteiger partial charge in [-0.3, -0.25) is 0 Å². The Labute approximate surface area is 188 Å². The van der Waals surface area contributed by atoms with Gasteiger partial charge >= 0.3 is 0 Å². The molecule has 0 aliphatic carbocycles. The highest BCUT2D eigenvalue weighted by molar-refractivity contribution is 8.70. The van der Waals surface area contributed by atoms with Crippen LogP contribution in [-0.2, 0) is 41.7 Å². The smallest absolute Gasteiger partial charge is 0.248 e. The van der Waals surface area contributed by atoms with Crippen LogP contribution < -0.4 is 0 Å². The highest BCUT2D eigenvalue weighted by atomic mass is 32.9. The molecule has 0 aromatic rings. The van der Waals surface area contributed by atoms with Gasteiger partial charge in [-0.1, -0.05) is 36.6 Å². The minimum absolute atomic E-state index is 0.640. The zero-order valence-electron chi connectivity index (χ0n) is 16.6. The molecule has 0 spiro atoms. The molecule has 0 rings (SSSR count). The molecule has 0 bridgehead atoms. The molecule has 0 saturated carbocycles. The normalized spacial score (nSPS) is 11.9. The van der Waals surface area contributed by atoms with Gasteiger partial charge in [-0.15, -0.1) is 0 Å². The third kappa shape index (κ3) is 18.6. The van der Waals surface area contributed by atoms with Gasteiger partial charge in [0.1, 0.15) is 0 Å². The zero-order chi connectivity index (χ0) is 20.3. The number of hydrogen-bond donors (Lipinski definition) is 0. The molecule has 0 aliphatic heterocycles. The van der Waals surface area contributed by atoms with E-state index >= 15 is 0 Å². The molecule has 0 amide bonds. The Balaban J connectivity index is 0. The highest BCUT2D eigenvalue weighted by Gasteiger charge is 2.18. The van der Waals surface area contributed by atoms with Crippen LogP contribution in [0.4, 0.5) is 0 Å². The predicted molar refractivity (Wildman–Crippen MR) is 136 cm³/mol. The van der Waals surface area contributed by atoms with E-state index < -0.39 is 11.4 Å². The van der Waals surface area contributed by atoms with Crippen LogP contribution in [0.25, 0.3) is 0 Å². The Morgan fingerprint density at radius 3 is 1.04 bits per heavy atom. The molecule has 0 atom stereocenters. The Kier molecular flexibility index (Phi) is 24.6. The van der Waals surface area contributed by atoms with Crippen molar-refractivity contribution in [3.8, 4) is 0 Å². The molecule has 0 radical (unpaired) electrons. The van der Waals surface area contributed by atoms with Crippen LogP contribution in [0.15, 0.2) is 0 Å². The van der Waals surface area contributed by atoms with E-state index in [0.29, 0.717) is 26.4 Å². The largest absolute Gasteiger partial charge is 0.322 e. The standard InChI is InChI=1S/2C7H17O2PS3/c2*1-4-8-10(11,9-5-2)13-7-12-6-3/h2*4-7H2,1-3H3. The van der Waals surface area contributed by atoms with Gasteiger partial charge in [0.25, 0.3) is 0 Å².